The Labute approximate surface area is 101 Å². The van der Waals surface area contributed by atoms with Gasteiger partial charge in [-0.15, -0.1) is 0 Å². The lowest BCUT2D eigenvalue weighted by molar-refractivity contribution is -0.124. The normalized spacial score (nSPS) is 16.5. The lowest BCUT2D eigenvalue weighted by atomic mass is 10.1. The lowest BCUT2D eigenvalue weighted by Crippen LogP contribution is -2.41. The van der Waals surface area contributed by atoms with Gasteiger partial charge in [-0.2, -0.15) is 0 Å². The Morgan fingerprint density at radius 2 is 2.00 bits per heavy atom. The molecule has 0 aromatic heterocycles. The number of carbonyl (C=O) groups excluding carboxylic acids is 1. The molecule has 1 aliphatic rings. The molecule has 1 aromatic rings. The van der Waals surface area contributed by atoms with Gasteiger partial charge in [0.25, 0.3) is 5.91 Å². The monoisotopic (exact) mass is 235 g/mol. The minimum atomic E-state index is -0.0687. The van der Waals surface area contributed by atoms with Gasteiger partial charge in [0.15, 0.2) is 6.61 Å². The van der Waals surface area contributed by atoms with E-state index in [1.807, 2.05) is 30.3 Å². The summed E-state index contributed by atoms with van der Waals surface area (Å²) in [5.74, 6) is 0.649. The summed E-state index contributed by atoms with van der Waals surface area (Å²) in [5.41, 5.74) is 0. The van der Waals surface area contributed by atoms with Crippen molar-refractivity contribution in [1.29, 1.82) is 0 Å². The zero-order chi connectivity index (χ0) is 11.9. The van der Waals surface area contributed by atoms with E-state index in [1.54, 1.807) is 0 Å². The highest BCUT2D eigenvalue weighted by Crippen LogP contribution is 2.08. The first-order valence-electron chi connectivity index (χ1n) is 5.89. The third-order valence-electron chi connectivity index (χ3n) is 2.70. The molecule has 2 rings (SSSR count). The van der Waals surface area contributed by atoms with Crippen LogP contribution < -0.4 is 10.1 Å². The third-order valence-corrected chi connectivity index (χ3v) is 2.70. The molecule has 0 aliphatic carbocycles. The quantitative estimate of drug-likeness (QED) is 0.857. The van der Waals surface area contributed by atoms with Gasteiger partial charge in [-0.1, -0.05) is 18.2 Å². The second-order valence-electron chi connectivity index (χ2n) is 4.06. The number of rotatable bonds is 4. The average Bonchev–Trinajstić information content (AvgIpc) is 2.39. The van der Waals surface area contributed by atoms with Gasteiger partial charge >= 0.3 is 0 Å². The van der Waals surface area contributed by atoms with E-state index in [1.165, 1.54) is 0 Å². The first kappa shape index (κ1) is 11.9. The Bertz CT molecular complexity index is 347. The molecule has 1 aromatic carbocycles. The molecule has 1 amide bonds. The summed E-state index contributed by atoms with van der Waals surface area (Å²) in [6.07, 6.45) is 1.77. The van der Waals surface area contributed by atoms with Crippen molar-refractivity contribution in [2.75, 3.05) is 19.8 Å². The molecule has 1 saturated heterocycles. The van der Waals surface area contributed by atoms with E-state index in [2.05, 4.69) is 5.32 Å². The molecule has 0 bridgehead atoms. The van der Waals surface area contributed by atoms with Crippen LogP contribution in [-0.2, 0) is 9.53 Å². The van der Waals surface area contributed by atoms with E-state index in [4.69, 9.17) is 9.47 Å². The molecule has 0 spiro atoms. The number of para-hydroxylation sites is 1. The van der Waals surface area contributed by atoms with Crippen LogP contribution in [-0.4, -0.2) is 31.8 Å². The Kier molecular flexibility index (Phi) is 4.38. The number of amides is 1. The molecule has 92 valence electrons. The van der Waals surface area contributed by atoms with Crippen molar-refractivity contribution in [3.8, 4) is 5.75 Å². The predicted octanol–water partition coefficient (Wildman–Crippen LogP) is 1.36. The fraction of sp³-hybridized carbons (Fsp3) is 0.462. The zero-order valence-electron chi connectivity index (χ0n) is 9.72. The molecular weight excluding hydrogens is 218 g/mol. The van der Waals surface area contributed by atoms with Crippen molar-refractivity contribution >= 4 is 5.91 Å². The van der Waals surface area contributed by atoms with Gasteiger partial charge in [-0.25, -0.2) is 0 Å². The van der Waals surface area contributed by atoms with E-state index in [9.17, 15) is 4.79 Å². The van der Waals surface area contributed by atoms with Crippen LogP contribution in [0.1, 0.15) is 12.8 Å². The first-order valence-corrected chi connectivity index (χ1v) is 5.89. The second kappa shape index (κ2) is 6.25. The summed E-state index contributed by atoms with van der Waals surface area (Å²) in [4.78, 5) is 11.6. The Morgan fingerprint density at radius 1 is 1.29 bits per heavy atom. The topological polar surface area (TPSA) is 47.6 Å². The number of hydrogen-bond donors (Lipinski definition) is 1. The summed E-state index contributed by atoms with van der Waals surface area (Å²) < 4.78 is 10.6. The average molecular weight is 235 g/mol. The highest BCUT2D eigenvalue weighted by Gasteiger charge is 2.15. The smallest absolute Gasteiger partial charge is 0.258 e. The van der Waals surface area contributed by atoms with Crippen LogP contribution in [0.25, 0.3) is 0 Å². The van der Waals surface area contributed by atoms with E-state index in [0.29, 0.717) is 0 Å². The highest BCUT2D eigenvalue weighted by molar-refractivity contribution is 5.77. The summed E-state index contributed by atoms with van der Waals surface area (Å²) in [7, 11) is 0. The standard InChI is InChI=1S/C13H17NO3/c15-13(14-11-6-8-16-9-7-11)10-17-12-4-2-1-3-5-12/h1-5,11H,6-10H2,(H,14,15). The van der Waals surface area contributed by atoms with Crippen LogP contribution in [0, 0.1) is 0 Å². The van der Waals surface area contributed by atoms with Crippen molar-refractivity contribution in [3.05, 3.63) is 30.3 Å². The van der Waals surface area contributed by atoms with E-state index in [-0.39, 0.29) is 18.6 Å². The van der Waals surface area contributed by atoms with Gasteiger partial charge in [0.2, 0.25) is 0 Å². The minimum absolute atomic E-state index is 0.0687. The van der Waals surface area contributed by atoms with E-state index in [0.717, 1.165) is 31.8 Å². The van der Waals surface area contributed by atoms with Crippen LogP contribution in [0.3, 0.4) is 0 Å². The minimum Gasteiger partial charge on any atom is -0.484 e. The van der Waals surface area contributed by atoms with Gasteiger partial charge in [0, 0.05) is 19.3 Å². The molecule has 1 aliphatic heterocycles. The molecule has 0 atom stereocenters. The molecule has 0 unspecified atom stereocenters. The SMILES string of the molecule is O=C(COc1ccccc1)NC1CCOCC1. The van der Waals surface area contributed by atoms with Crippen molar-refractivity contribution in [3.63, 3.8) is 0 Å². The third kappa shape index (κ3) is 4.07. The number of nitrogens with one attached hydrogen (secondary N) is 1. The Hall–Kier alpha value is -1.55. The Balaban J connectivity index is 1.70. The molecule has 0 saturated carbocycles. The molecule has 1 heterocycles. The van der Waals surface area contributed by atoms with Crippen LogP contribution in [0.15, 0.2) is 30.3 Å². The van der Waals surface area contributed by atoms with Gasteiger partial charge in [0.05, 0.1) is 0 Å². The number of hydrogen-bond acceptors (Lipinski definition) is 3. The Morgan fingerprint density at radius 3 is 2.71 bits per heavy atom. The van der Waals surface area contributed by atoms with Crippen molar-refractivity contribution in [1.82, 2.24) is 5.32 Å². The van der Waals surface area contributed by atoms with Crippen molar-refractivity contribution in [2.24, 2.45) is 0 Å². The first-order chi connectivity index (χ1) is 8.34. The number of ether oxygens (including phenoxy) is 2. The lowest BCUT2D eigenvalue weighted by Gasteiger charge is -2.23. The largest absolute Gasteiger partial charge is 0.484 e. The molecule has 0 radical (unpaired) electrons. The number of benzene rings is 1. The number of carbonyl (C=O) groups is 1. The van der Waals surface area contributed by atoms with Crippen LogP contribution in [0.4, 0.5) is 0 Å². The summed E-state index contributed by atoms with van der Waals surface area (Å²) in [5, 5.41) is 2.95. The summed E-state index contributed by atoms with van der Waals surface area (Å²) in [6.45, 7) is 1.52. The van der Waals surface area contributed by atoms with Crippen molar-refractivity contribution < 1.29 is 14.3 Å². The van der Waals surface area contributed by atoms with Gasteiger partial charge < -0.3 is 14.8 Å². The molecule has 4 nitrogen and oxygen atoms in total. The fourth-order valence-corrected chi connectivity index (χ4v) is 1.78. The van der Waals surface area contributed by atoms with Crippen LogP contribution >= 0.6 is 0 Å². The summed E-state index contributed by atoms with van der Waals surface area (Å²) >= 11 is 0. The maximum Gasteiger partial charge on any atom is 0.258 e. The van der Waals surface area contributed by atoms with Gasteiger partial charge in [-0.05, 0) is 25.0 Å². The second-order valence-corrected chi connectivity index (χ2v) is 4.06. The molecule has 4 heteroatoms. The van der Waals surface area contributed by atoms with E-state index < -0.39 is 0 Å². The highest BCUT2D eigenvalue weighted by atomic mass is 16.5. The maximum atomic E-state index is 11.6. The fourth-order valence-electron chi connectivity index (χ4n) is 1.78. The maximum absolute atomic E-state index is 11.6. The molecule has 1 N–H and O–H groups in total. The van der Waals surface area contributed by atoms with E-state index >= 15 is 0 Å². The molecular formula is C13H17NO3. The molecule has 1 fully saturated rings. The predicted molar refractivity (Wildman–Crippen MR) is 63.9 cm³/mol. The van der Waals surface area contributed by atoms with Crippen molar-refractivity contribution in [2.45, 2.75) is 18.9 Å². The zero-order valence-corrected chi connectivity index (χ0v) is 9.72. The summed E-state index contributed by atoms with van der Waals surface area (Å²) in [6, 6.07) is 9.58. The van der Waals surface area contributed by atoms with Gasteiger partial charge in [-0.3, -0.25) is 4.79 Å². The van der Waals surface area contributed by atoms with Crippen LogP contribution in [0.2, 0.25) is 0 Å². The van der Waals surface area contributed by atoms with Crippen LogP contribution in [0.5, 0.6) is 5.75 Å². The molecule has 17 heavy (non-hydrogen) atoms. The van der Waals surface area contributed by atoms with Gasteiger partial charge in [0.1, 0.15) is 5.75 Å².